The van der Waals surface area contributed by atoms with Gasteiger partial charge >= 0.3 is 17.9 Å². The highest BCUT2D eigenvalue weighted by molar-refractivity contribution is 5.71. The molecule has 0 heterocycles. The van der Waals surface area contributed by atoms with Crippen molar-refractivity contribution in [1.82, 2.24) is 0 Å². The summed E-state index contributed by atoms with van der Waals surface area (Å²) in [5, 5.41) is 0. The van der Waals surface area contributed by atoms with Crippen LogP contribution < -0.4 is 0 Å². The van der Waals surface area contributed by atoms with Crippen molar-refractivity contribution in [3.8, 4) is 0 Å². The van der Waals surface area contributed by atoms with Gasteiger partial charge in [-0.25, -0.2) is 0 Å². The summed E-state index contributed by atoms with van der Waals surface area (Å²) in [6.45, 7) is 6.65. The summed E-state index contributed by atoms with van der Waals surface area (Å²) < 4.78 is 16.9. The fraction of sp³-hybridized carbons (Fsp3) is 0.887. The Morgan fingerprint density at radius 3 is 0.853 bits per heavy atom. The minimum absolute atomic E-state index is 0.0714. The molecular weight excluding hydrogens is 841 g/mol. The van der Waals surface area contributed by atoms with E-state index in [2.05, 4.69) is 45.1 Å². The van der Waals surface area contributed by atoms with E-state index in [9.17, 15) is 14.4 Å². The normalized spacial score (nSPS) is 12.1. The first-order valence-corrected chi connectivity index (χ1v) is 30.3. The van der Waals surface area contributed by atoms with Crippen LogP contribution in [0.15, 0.2) is 24.3 Å². The standard InChI is InChI=1S/C62H116O6/c1-4-7-10-13-16-19-22-25-28-29-30-31-32-33-34-35-38-40-43-46-49-52-55-61(64)67-58-59(68-62(65)56-53-50-47-44-41-37-27-24-21-18-15-12-9-6-3)57-66-60(63)54-51-48-45-42-39-36-26-23-20-17-14-11-8-5-2/h15,18,24,27,59H,4-14,16-17,19-23,25-26,28-58H2,1-3H3/b18-15-,27-24-. The van der Waals surface area contributed by atoms with E-state index in [0.717, 1.165) is 83.5 Å². The van der Waals surface area contributed by atoms with E-state index < -0.39 is 6.10 Å². The van der Waals surface area contributed by atoms with E-state index in [1.165, 1.54) is 212 Å². The van der Waals surface area contributed by atoms with Crippen molar-refractivity contribution < 1.29 is 28.6 Å². The highest BCUT2D eigenvalue weighted by Gasteiger charge is 2.19. The third-order valence-electron chi connectivity index (χ3n) is 13.7. The third kappa shape index (κ3) is 54.8. The smallest absolute Gasteiger partial charge is 0.306 e. The molecule has 0 bridgehead atoms. The second-order valence-electron chi connectivity index (χ2n) is 20.6. The van der Waals surface area contributed by atoms with Crippen molar-refractivity contribution in [2.24, 2.45) is 0 Å². The molecule has 0 aromatic heterocycles. The molecule has 1 unspecified atom stereocenters. The lowest BCUT2D eigenvalue weighted by molar-refractivity contribution is -0.167. The Hall–Kier alpha value is -2.11. The summed E-state index contributed by atoms with van der Waals surface area (Å²) in [7, 11) is 0. The molecule has 0 aromatic rings. The predicted octanol–water partition coefficient (Wildman–Crippen LogP) is 20.3. The van der Waals surface area contributed by atoms with Crippen LogP contribution in [0.1, 0.15) is 335 Å². The number of carbonyl (C=O) groups is 3. The predicted molar refractivity (Wildman–Crippen MR) is 293 cm³/mol. The van der Waals surface area contributed by atoms with Gasteiger partial charge in [-0.1, -0.05) is 295 Å². The van der Waals surface area contributed by atoms with E-state index in [4.69, 9.17) is 14.2 Å². The molecule has 0 radical (unpaired) electrons. The van der Waals surface area contributed by atoms with Crippen LogP contribution in [-0.4, -0.2) is 37.2 Å². The molecule has 1 atom stereocenters. The fourth-order valence-corrected chi connectivity index (χ4v) is 9.11. The van der Waals surface area contributed by atoms with E-state index in [1.54, 1.807) is 0 Å². The molecule has 6 heteroatoms. The van der Waals surface area contributed by atoms with Gasteiger partial charge in [0, 0.05) is 19.3 Å². The molecule has 0 aliphatic rings. The van der Waals surface area contributed by atoms with Crippen molar-refractivity contribution >= 4 is 17.9 Å². The van der Waals surface area contributed by atoms with E-state index >= 15 is 0 Å². The van der Waals surface area contributed by atoms with Crippen LogP contribution in [0.3, 0.4) is 0 Å². The Kier molecular flexibility index (Phi) is 55.7. The van der Waals surface area contributed by atoms with Crippen LogP contribution in [0.2, 0.25) is 0 Å². The van der Waals surface area contributed by atoms with Gasteiger partial charge in [-0.3, -0.25) is 14.4 Å². The molecule has 0 aliphatic carbocycles. The zero-order chi connectivity index (χ0) is 49.3. The van der Waals surface area contributed by atoms with Gasteiger partial charge in [-0.2, -0.15) is 0 Å². The highest BCUT2D eigenvalue weighted by atomic mass is 16.6. The number of allylic oxidation sites excluding steroid dienone is 4. The van der Waals surface area contributed by atoms with Crippen molar-refractivity contribution in [2.45, 2.75) is 341 Å². The molecule has 6 nitrogen and oxygen atoms in total. The van der Waals surface area contributed by atoms with Gasteiger partial charge in [-0.15, -0.1) is 0 Å². The number of unbranched alkanes of at least 4 members (excludes halogenated alkanes) is 41. The Balaban J connectivity index is 4.26. The topological polar surface area (TPSA) is 78.9 Å². The van der Waals surface area contributed by atoms with Crippen molar-refractivity contribution in [2.75, 3.05) is 13.2 Å². The van der Waals surface area contributed by atoms with Crippen LogP contribution in [0.5, 0.6) is 0 Å². The van der Waals surface area contributed by atoms with Crippen molar-refractivity contribution in [1.29, 1.82) is 0 Å². The second kappa shape index (κ2) is 57.5. The SMILES string of the molecule is CCCC/C=C\C/C=C\CCCCCCCC(=O)OC(COC(=O)CCCCCCCCCCCCCCCC)COC(=O)CCCCCCCCCCCCCCCCCCCCCCCC. The first-order valence-electron chi connectivity index (χ1n) is 30.3. The highest BCUT2D eigenvalue weighted by Crippen LogP contribution is 2.18. The average molecular weight is 958 g/mol. The molecule has 68 heavy (non-hydrogen) atoms. The van der Waals surface area contributed by atoms with Gasteiger partial charge < -0.3 is 14.2 Å². The monoisotopic (exact) mass is 957 g/mol. The molecule has 0 rings (SSSR count). The van der Waals surface area contributed by atoms with Gasteiger partial charge in [0.2, 0.25) is 0 Å². The number of esters is 3. The van der Waals surface area contributed by atoms with Crippen LogP contribution in [0.4, 0.5) is 0 Å². The molecule has 0 aliphatic heterocycles. The molecule has 400 valence electrons. The maximum Gasteiger partial charge on any atom is 0.306 e. The summed E-state index contributed by atoms with van der Waals surface area (Å²) in [5.41, 5.74) is 0. The van der Waals surface area contributed by atoms with Gasteiger partial charge in [0.1, 0.15) is 13.2 Å². The van der Waals surface area contributed by atoms with E-state index in [-0.39, 0.29) is 31.1 Å². The van der Waals surface area contributed by atoms with Gasteiger partial charge in [-0.05, 0) is 44.9 Å². The Morgan fingerprint density at radius 2 is 0.544 bits per heavy atom. The Morgan fingerprint density at radius 1 is 0.294 bits per heavy atom. The van der Waals surface area contributed by atoms with Crippen LogP contribution in [0.25, 0.3) is 0 Å². The molecule has 0 saturated carbocycles. The largest absolute Gasteiger partial charge is 0.462 e. The van der Waals surface area contributed by atoms with E-state index in [0.29, 0.717) is 19.3 Å². The average Bonchev–Trinajstić information content (AvgIpc) is 3.34. The van der Waals surface area contributed by atoms with Gasteiger partial charge in [0.15, 0.2) is 6.10 Å². The molecule has 0 amide bonds. The molecular formula is C62H116O6. The lowest BCUT2D eigenvalue weighted by Crippen LogP contribution is -2.30. The summed E-state index contributed by atoms with van der Waals surface area (Å²) >= 11 is 0. The van der Waals surface area contributed by atoms with Crippen LogP contribution in [-0.2, 0) is 28.6 Å². The van der Waals surface area contributed by atoms with Crippen molar-refractivity contribution in [3.63, 3.8) is 0 Å². The number of rotatable bonds is 56. The van der Waals surface area contributed by atoms with E-state index in [1.807, 2.05) is 0 Å². The number of ether oxygens (including phenoxy) is 3. The minimum Gasteiger partial charge on any atom is -0.462 e. The Bertz CT molecular complexity index is 1100. The lowest BCUT2D eigenvalue weighted by Gasteiger charge is -2.18. The molecule has 0 saturated heterocycles. The van der Waals surface area contributed by atoms with Crippen molar-refractivity contribution in [3.05, 3.63) is 24.3 Å². The number of carbonyl (C=O) groups excluding carboxylic acids is 3. The summed E-state index contributed by atoms with van der Waals surface area (Å²) in [4.78, 5) is 38.2. The first kappa shape index (κ1) is 65.9. The molecule has 0 aromatic carbocycles. The number of hydrogen-bond donors (Lipinski definition) is 0. The van der Waals surface area contributed by atoms with Crippen LogP contribution in [0, 0.1) is 0 Å². The number of hydrogen-bond acceptors (Lipinski definition) is 6. The molecule has 0 spiro atoms. The second-order valence-corrected chi connectivity index (χ2v) is 20.6. The maximum absolute atomic E-state index is 12.8. The first-order chi connectivity index (χ1) is 33.5. The maximum atomic E-state index is 12.8. The molecule has 0 N–H and O–H groups in total. The fourth-order valence-electron chi connectivity index (χ4n) is 9.11. The third-order valence-corrected chi connectivity index (χ3v) is 13.7. The summed E-state index contributed by atoms with van der Waals surface area (Å²) in [5.74, 6) is -0.862. The van der Waals surface area contributed by atoms with Gasteiger partial charge in [0.05, 0.1) is 0 Å². The quantitative estimate of drug-likeness (QED) is 0.0262. The Labute approximate surface area is 423 Å². The lowest BCUT2D eigenvalue weighted by atomic mass is 10.0. The van der Waals surface area contributed by atoms with Gasteiger partial charge in [0.25, 0.3) is 0 Å². The summed E-state index contributed by atoms with van der Waals surface area (Å²) in [6.07, 6.45) is 67.5. The summed E-state index contributed by atoms with van der Waals surface area (Å²) in [6, 6.07) is 0. The zero-order valence-electron chi connectivity index (χ0n) is 45.9. The zero-order valence-corrected chi connectivity index (χ0v) is 45.9. The minimum atomic E-state index is -0.774. The molecule has 0 fully saturated rings. The van der Waals surface area contributed by atoms with Crippen LogP contribution >= 0.6 is 0 Å².